The molecule has 0 atom stereocenters. The summed E-state index contributed by atoms with van der Waals surface area (Å²) in [4.78, 5) is 0. The van der Waals surface area contributed by atoms with Crippen molar-refractivity contribution in [2.75, 3.05) is 11.9 Å². The Kier molecular flexibility index (Phi) is 3.01. The zero-order valence-electron chi connectivity index (χ0n) is 10.2. The van der Waals surface area contributed by atoms with E-state index in [9.17, 15) is 0 Å². The number of hydrogen-bond donors (Lipinski definition) is 1. The summed E-state index contributed by atoms with van der Waals surface area (Å²) in [6, 6.07) is 16.7. The summed E-state index contributed by atoms with van der Waals surface area (Å²) in [7, 11) is 0. The van der Waals surface area contributed by atoms with Gasteiger partial charge in [-0.3, -0.25) is 0 Å². The average molecular weight is 224 g/mol. The number of hydrogen-bond acceptors (Lipinski definition) is 2. The average Bonchev–Trinajstić information content (AvgIpc) is 2.36. The molecule has 0 bridgehead atoms. The van der Waals surface area contributed by atoms with Crippen molar-refractivity contribution >= 4 is 16.5 Å². The van der Waals surface area contributed by atoms with Gasteiger partial charge in [-0.1, -0.05) is 36.4 Å². The molecule has 0 unspecified atom stereocenters. The Morgan fingerprint density at radius 2 is 1.82 bits per heavy atom. The maximum Gasteiger partial charge on any atom is 0.0702 e. The molecule has 0 aliphatic carbocycles. The van der Waals surface area contributed by atoms with Crippen LogP contribution in [0.3, 0.4) is 0 Å². The van der Waals surface area contributed by atoms with Gasteiger partial charge in [0, 0.05) is 17.6 Å². The number of benzene rings is 2. The molecule has 2 rings (SSSR count). The van der Waals surface area contributed by atoms with E-state index in [0.29, 0.717) is 6.54 Å². The quantitative estimate of drug-likeness (QED) is 0.860. The van der Waals surface area contributed by atoms with E-state index in [1.165, 1.54) is 10.8 Å². The molecule has 2 heteroatoms. The molecule has 0 heterocycles. The molecule has 0 saturated heterocycles. The van der Waals surface area contributed by atoms with Crippen molar-refractivity contribution in [3.05, 3.63) is 42.5 Å². The van der Waals surface area contributed by atoms with Gasteiger partial charge in [-0.05, 0) is 25.3 Å². The molecule has 17 heavy (non-hydrogen) atoms. The summed E-state index contributed by atoms with van der Waals surface area (Å²) in [6.07, 6.45) is 0. The zero-order valence-corrected chi connectivity index (χ0v) is 10.2. The number of nitrogens with one attached hydrogen (secondary N) is 1. The topological polar surface area (TPSA) is 35.8 Å². The van der Waals surface area contributed by atoms with Crippen LogP contribution in [0.1, 0.15) is 13.8 Å². The van der Waals surface area contributed by atoms with Gasteiger partial charge in [0.15, 0.2) is 0 Å². The van der Waals surface area contributed by atoms with Gasteiger partial charge in [0.2, 0.25) is 0 Å². The van der Waals surface area contributed by atoms with Crippen molar-refractivity contribution in [3.8, 4) is 6.07 Å². The van der Waals surface area contributed by atoms with Crippen molar-refractivity contribution in [3.63, 3.8) is 0 Å². The molecule has 0 spiro atoms. The second kappa shape index (κ2) is 4.47. The fourth-order valence-corrected chi connectivity index (χ4v) is 1.74. The first-order valence-corrected chi connectivity index (χ1v) is 5.75. The van der Waals surface area contributed by atoms with Crippen LogP contribution in [-0.4, -0.2) is 6.54 Å². The first kappa shape index (κ1) is 11.5. The highest BCUT2D eigenvalue weighted by Crippen LogP contribution is 2.24. The van der Waals surface area contributed by atoms with Crippen LogP contribution in [0.2, 0.25) is 0 Å². The first-order valence-electron chi connectivity index (χ1n) is 5.75. The molecule has 2 aromatic rings. The third kappa shape index (κ3) is 2.57. The summed E-state index contributed by atoms with van der Waals surface area (Å²) < 4.78 is 0. The molecule has 0 aliphatic rings. The van der Waals surface area contributed by atoms with Crippen LogP contribution in [-0.2, 0) is 0 Å². The number of rotatable bonds is 3. The maximum absolute atomic E-state index is 9.00. The highest BCUT2D eigenvalue weighted by atomic mass is 14.9. The smallest absolute Gasteiger partial charge is 0.0702 e. The van der Waals surface area contributed by atoms with Crippen LogP contribution >= 0.6 is 0 Å². The minimum absolute atomic E-state index is 0.350. The highest BCUT2D eigenvalue weighted by molar-refractivity contribution is 5.93. The van der Waals surface area contributed by atoms with Gasteiger partial charge in [0.05, 0.1) is 11.5 Å². The summed E-state index contributed by atoms with van der Waals surface area (Å²) in [5, 5.41) is 14.8. The summed E-state index contributed by atoms with van der Waals surface area (Å²) in [5.41, 5.74) is 0.739. The number of nitriles is 1. The molecule has 0 fully saturated rings. The molecular formula is C15H16N2. The second-order valence-corrected chi connectivity index (χ2v) is 4.88. The van der Waals surface area contributed by atoms with Gasteiger partial charge in [0.1, 0.15) is 0 Å². The lowest BCUT2D eigenvalue weighted by atomic mass is 9.95. The Morgan fingerprint density at radius 1 is 1.12 bits per heavy atom. The third-order valence-corrected chi connectivity index (χ3v) is 2.81. The van der Waals surface area contributed by atoms with Crippen LogP contribution in [0.25, 0.3) is 10.8 Å². The van der Waals surface area contributed by atoms with Gasteiger partial charge >= 0.3 is 0 Å². The molecule has 0 aliphatic heterocycles. The fraction of sp³-hybridized carbons (Fsp3) is 0.267. The second-order valence-electron chi connectivity index (χ2n) is 4.88. The Balaban J connectivity index is 2.28. The molecule has 0 amide bonds. The number of fused-ring (bicyclic) bond motifs is 1. The summed E-state index contributed by atoms with van der Waals surface area (Å²) >= 11 is 0. The molecule has 2 nitrogen and oxygen atoms in total. The van der Waals surface area contributed by atoms with E-state index in [4.69, 9.17) is 5.26 Å². The van der Waals surface area contributed by atoms with Crippen molar-refractivity contribution < 1.29 is 0 Å². The molecule has 0 radical (unpaired) electrons. The van der Waals surface area contributed by atoms with Crippen LogP contribution in [0.5, 0.6) is 0 Å². The molecule has 1 N–H and O–H groups in total. The lowest BCUT2D eigenvalue weighted by molar-refractivity contribution is 0.529. The zero-order chi connectivity index (χ0) is 12.3. The minimum Gasteiger partial charge on any atom is -0.383 e. The van der Waals surface area contributed by atoms with Crippen molar-refractivity contribution in [1.82, 2.24) is 0 Å². The van der Waals surface area contributed by atoms with Crippen LogP contribution in [0, 0.1) is 16.7 Å². The summed E-state index contributed by atoms with van der Waals surface area (Å²) in [6.45, 7) is 4.52. The van der Waals surface area contributed by atoms with Gasteiger partial charge in [0.25, 0.3) is 0 Å². The lowest BCUT2D eigenvalue weighted by Crippen LogP contribution is -2.20. The monoisotopic (exact) mass is 224 g/mol. The van der Waals surface area contributed by atoms with Gasteiger partial charge in [-0.25, -0.2) is 0 Å². The van der Waals surface area contributed by atoms with E-state index in [0.717, 1.165) is 5.69 Å². The molecule has 0 saturated carbocycles. The normalized spacial score (nSPS) is 11.1. The predicted octanol–water partition coefficient (Wildman–Crippen LogP) is 3.80. The van der Waals surface area contributed by atoms with E-state index >= 15 is 0 Å². The Morgan fingerprint density at radius 3 is 2.59 bits per heavy atom. The van der Waals surface area contributed by atoms with E-state index in [-0.39, 0.29) is 5.41 Å². The first-order chi connectivity index (χ1) is 8.12. The van der Waals surface area contributed by atoms with E-state index < -0.39 is 0 Å². The largest absolute Gasteiger partial charge is 0.383 e. The lowest BCUT2D eigenvalue weighted by Gasteiger charge is -2.17. The van der Waals surface area contributed by atoms with Crippen LogP contribution in [0.15, 0.2) is 42.5 Å². The van der Waals surface area contributed by atoms with Gasteiger partial charge in [-0.2, -0.15) is 5.26 Å². The molecule has 0 aromatic heterocycles. The fourth-order valence-electron chi connectivity index (χ4n) is 1.74. The predicted molar refractivity (Wildman–Crippen MR) is 71.8 cm³/mol. The molecule has 86 valence electrons. The Hall–Kier alpha value is -2.01. The third-order valence-electron chi connectivity index (χ3n) is 2.81. The van der Waals surface area contributed by atoms with Gasteiger partial charge in [-0.15, -0.1) is 0 Å². The highest BCUT2D eigenvalue weighted by Gasteiger charge is 2.16. The Labute approximate surface area is 102 Å². The van der Waals surface area contributed by atoms with Crippen molar-refractivity contribution in [2.24, 2.45) is 5.41 Å². The van der Waals surface area contributed by atoms with E-state index in [1.54, 1.807) is 0 Å². The van der Waals surface area contributed by atoms with E-state index in [2.05, 4.69) is 35.7 Å². The number of anilines is 1. The van der Waals surface area contributed by atoms with Crippen molar-refractivity contribution in [2.45, 2.75) is 13.8 Å². The standard InChI is InChI=1S/C15H16N2/c1-15(2,10-16)11-17-14-9-5-7-12-6-3-4-8-13(12)14/h3-9,17H,11H2,1-2H3. The maximum atomic E-state index is 9.00. The minimum atomic E-state index is -0.350. The van der Waals surface area contributed by atoms with Crippen LogP contribution in [0.4, 0.5) is 5.69 Å². The van der Waals surface area contributed by atoms with Crippen LogP contribution < -0.4 is 5.32 Å². The molecule has 2 aromatic carbocycles. The Bertz CT molecular complexity index is 559. The SMILES string of the molecule is CC(C)(C#N)CNc1cccc2ccccc12. The van der Waals surface area contributed by atoms with E-state index in [1.807, 2.05) is 32.0 Å². The van der Waals surface area contributed by atoms with Crippen molar-refractivity contribution in [1.29, 1.82) is 5.26 Å². The number of nitrogens with zero attached hydrogens (tertiary/aromatic N) is 1. The summed E-state index contributed by atoms with van der Waals surface area (Å²) in [5.74, 6) is 0. The molecular weight excluding hydrogens is 208 g/mol. The van der Waals surface area contributed by atoms with Gasteiger partial charge < -0.3 is 5.32 Å².